The minimum Gasteiger partial charge on any atom is -0.228 e. The van der Waals surface area contributed by atoms with E-state index in [0.29, 0.717) is 5.82 Å². The van der Waals surface area contributed by atoms with Gasteiger partial charge in [-0.15, -0.1) is 0 Å². The molecule has 270 valence electrons. The normalized spacial score (nSPS) is 12.5. The average molecular weight is 729 g/mol. The molecule has 0 fully saturated rings. The molecule has 0 spiro atoms. The van der Waals surface area contributed by atoms with E-state index in [9.17, 15) is 0 Å². The molecule has 9 aromatic rings. The summed E-state index contributed by atoms with van der Waals surface area (Å²) >= 11 is 0. The minimum atomic E-state index is -0.0585. The van der Waals surface area contributed by atoms with Crippen molar-refractivity contribution in [2.24, 2.45) is 0 Å². The maximum Gasteiger partial charge on any atom is 0.160 e. The summed E-state index contributed by atoms with van der Waals surface area (Å²) in [5.41, 5.74) is 19.6. The van der Waals surface area contributed by atoms with Crippen LogP contribution in [0, 0.1) is 0 Å². The molecule has 0 atom stereocenters. The first-order valence-corrected chi connectivity index (χ1v) is 19.7. The zero-order chi connectivity index (χ0) is 38.3. The van der Waals surface area contributed by atoms with Crippen LogP contribution in [-0.2, 0) is 5.41 Å². The SMILES string of the molecule is CC1(C)c2ccccc2-c2c(-c3cccc(-c4ccccc4-c4cc(-c5ccc(-c6ccccc6)c(-c6ccccc6)c5)nc(-c5ccccc5)n4)c3)cccc21. The number of nitrogens with zero attached hydrogens (tertiary/aromatic N) is 2. The van der Waals surface area contributed by atoms with Crippen molar-refractivity contribution < 1.29 is 0 Å². The molecule has 8 aromatic carbocycles. The Kier molecular flexibility index (Phi) is 8.53. The summed E-state index contributed by atoms with van der Waals surface area (Å²) in [4.78, 5) is 10.5. The van der Waals surface area contributed by atoms with Crippen molar-refractivity contribution in [3.05, 3.63) is 217 Å². The Morgan fingerprint density at radius 3 is 1.51 bits per heavy atom. The second kappa shape index (κ2) is 14.2. The molecule has 2 nitrogen and oxygen atoms in total. The minimum absolute atomic E-state index is 0.0585. The van der Waals surface area contributed by atoms with Gasteiger partial charge < -0.3 is 0 Å². The van der Waals surface area contributed by atoms with Crippen LogP contribution in [0.5, 0.6) is 0 Å². The van der Waals surface area contributed by atoms with Gasteiger partial charge in [-0.1, -0.05) is 202 Å². The van der Waals surface area contributed by atoms with Crippen molar-refractivity contribution in [2.45, 2.75) is 19.3 Å². The Morgan fingerprint density at radius 1 is 0.298 bits per heavy atom. The second-order valence-electron chi connectivity index (χ2n) is 15.3. The van der Waals surface area contributed by atoms with E-state index in [1.807, 2.05) is 18.2 Å². The third-order valence-electron chi connectivity index (χ3n) is 11.5. The Bertz CT molecular complexity index is 2910. The summed E-state index contributed by atoms with van der Waals surface area (Å²) in [7, 11) is 0. The first kappa shape index (κ1) is 34.3. The van der Waals surface area contributed by atoms with Crippen LogP contribution >= 0.6 is 0 Å². The molecule has 1 aromatic heterocycles. The largest absolute Gasteiger partial charge is 0.228 e. The molecular formula is C55H40N2. The zero-order valence-electron chi connectivity index (χ0n) is 32.0. The van der Waals surface area contributed by atoms with E-state index in [-0.39, 0.29) is 5.41 Å². The van der Waals surface area contributed by atoms with Crippen LogP contribution in [0.4, 0.5) is 0 Å². The number of benzene rings is 8. The van der Waals surface area contributed by atoms with Crippen LogP contribution in [0.1, 0.15) is 25.0 Å². The third-order valence-corrected chi connectivity index (χ3v) is 11.5. The molecule has 0 unspecified atom stereocenters. The van der Waals surface area contributed by atoms with Crippen LogP contribution in [0.15, 0.2) is 206 Å². The predicted octanol–water partition coefficient (Wildman–Crippen LogP) is 14.5. The van der Waals surface area contributed by atoms with Gasteiger partial charge in [0, 0.05) is 22.1 Å². The molecule has 1 aliphatic carbocycles. The van der Waals surface area contributed by atoms with E-state index < -0.39 is 0 Å². The lowest BCUT2D eigenvalue weighted by Gasteiger charge is -2.21. The van der Waals surface area contributed by atoms with Crippen molar-refractivity contribution in [3.8, 4) is 89.5 Å². The van der Waals surface area contributed by atoms with Crippen molar-refractivity contribution in [2.75, 3.05) is 0 Å². The van der Waals surface area contributed by atoms with Crippen LogP contribution in [0.2, 0.25) is 0 Å². The van der Waals surface area contributed by atoms with Crippen molar-refractivity contribution in [1.82, 2.24) is 9.97 Å². The average Bonchev–Trinajstić information content (AvgIpc) is 3.53. The van der Waals surface area contributed by atoms with E-state index >= 15 is 0 Å². The molecule has 0 aliphatic heterocycles. The number of fused-ring (bicyclic) bond motifs is 3. The van der Waals surface area contributed by atoms with Crippen molar-refractivity contribution in [1.29, 1.82) is 0 Å². The molecule has 0 bridgehead atoms. The molecular weight excluding hydrogens is 689 g/mol. The van der Waals surface area contributed by atoms with Gasteiger partial charge >= 0.3 is 0 Å². The van der Waals surface area contributed by atoms with Crippen molar-refractivity contribution >= 4 is 0 Å². The Hall–Kier alpha value is -7.16. The van der Waals surface area contributed by atoms with Gasteiger partial charge in [0.05, 0.1) is 11.4 Å². The quantitative estimate of drug-likeness (QED) is 0.163. The first-order chi connectivity index (χ1) is 28.0. The topological polar surface area (TPSA) is 25.8 Å². The summed E-state index contributed by atoms with van der Waals surface area (Å²) in [5.74, 6) is 0.696. The fourth-order valence-electron chi connectivity index (χ4n) is 8.69. The zero-order valence-corrected chi connectivity index (χ0v) is 32.0. The number of hydrogen-bond acceptors (Lipinski definition) is 2. The van der Waals surface area contributed by atoms with Crippen LogP contribution in [-0.4, -0.2) is 9.97 Å². The highest BCUT2D eigenvalue weighted by atomic mass is 14.9. The van der Waals surface area contributed by atoms with Gasteiger partial charge in [-0.2, -0.15) is 0 Å². The summed E-state index contributed by atoms with van der Waals surface area (Å²) in [6.07, 6.45) is 0. The predicted molar refractivity (Wildman–Crippen MR) is 238 cm³/mol. The van der Waals surface area contributed by atoms with Gasteiger partial charge in [0.1, 0.15) is 0 Å². The molecule has 0 saturated heterocycles. The first-order valence-electron chi connectivity index (χ1n) is 19.7. The standard InChI is InChI=1S/C55H40N2/c1-55(2)49-30-15-14-28-47(49)53-45(29-17-31-50(53)55)41-25-16-24-40(34-41)43-26-12-13-27-46(43)52-36-51(56-54(57-52)39-22-10-5-11-23-39)42-32-33-44(37-18-6-3-7-19-37)48(35-42)38-20-8-4-9-21-38/h3-36H,1-2H3. The lowest BCUT2D eigenvalue weighted by Crippen LogP contribution is -2.14. The maximum absolute atomic E-state index is 5.29. The van der Waals surface area contributed by atoms with Crippen LogP contribution in [0.3, 0.4) is 0 Å². The number of rotatable bonds is 7. The van der Waals surface area contributed by atoms with Gasteiger partial charge in [-0.3, -0.25) is 0 Å². The molecule has 0 amide bonds. The van der Waals surface area contributed by atoms with Gasteiger partial charge in [-0.25, -0.2) is 9.97 Å². The van der Waals surface area contributed by atoms with Crippen LogP contribution in [0.25, 0.3) is 89.5 Å². The highest BCUT2D eigenvalue weighted by molar-refractivity contribution is 5.94. The smallest absolute Gasteiger partial charge is 0.160 e. The van der Waals surface area contributed by atoms with Gasteiger partial charge in [0.25, 0.3) is 0 Å². The lowest BCUT2D eigenvalue weighted by atomic mass is 9.82. The van der Waals surface area contributed by atoms with E-state index in [4.69, 9.17) is 9.97 Å². The molecule has 57 heavy (non-hydrogen) atoms. The summed E-state index contributed by atoms with van der Waals surface area (Å²) in [6, 6.07) is 73.7. The Morgan fingerprint density at radius 2 is 0.789 bits per heavy atom. The number of hydrogen-bond donors (Lipinski definition) is 0. The highest BCUT2D eigenvalue weighted by Gasteiger charge is 2.36. The molecule has 2 heteroatoms. The van der Waals surface area contributed by atoms with E-state index in [2.05, 4.69) is 202 Å². The molecule has 0 radical (unpaired) electrons. The maximum atomic E-state index is 5.29. The summed E-state index contributed by atoms with van der Waals surface area (Å²) < 4.78 is 0. The van der Waals surface area contributed by atoms with E-state index in [0.717, 1.165) is 50.3 Å². The summed E-state index contributed by atoms with van der Waals surface area (Å²) in [5, 5.41) is 0. The molecule has 0 N–H and O–H groups in total. The Balaban J connectivity index is 1.12. The van der Waals surface area contributed by atoms with Gasteiger partial charge in [-0.05, 0) is 85.0 Å². The third kappa shape index (κ3) is 6.16. The van der Waals surface area contributed by atoms with E-state index in [1.165, 1.54) is 44.5 Å². The lowest BCUT2D eigenvalue weighted by molar-refractivity contribution is 0.660. The van der Waals surface area contributed by atoms with Crippen molar-refractivity contribution in [3.63, 3.8) is 0 Å². The Labute approximate surface area is 334 Å². The van der Waals surface area contributed by atoms with Gasteiger partial charge in [0.15, 0.2) is 5.82 Å². The molecule has 1 heterocycles. The molecule has 1 aliphatic rings. The second-order valence-corrected chi connectivity index (χ2v) is 15.3. The number of aromatic nitrogens is 2. The fourth-order valence-corrected chi connectivity index (χ4v) is 8.69. The highest BCUT2D eigenvalue weighted by Crippen LogP contribution is 2.52. The van der Waals surface area contributed by atoms with Gasteiger partial charge in [0.2, 0.25) is 0 Å². The molecule has 10 rings (SSSR count). The fraction of sp³-hybridized carbons (Fsp3) is 0.0545. The van der Waals surface area contributed by atoms with Crippen LogP contribution < -0.4 is 0 Å². The van der Waals surface area contributed by atoms with E-state index in [1.54, 1.807) is 0 Å². The monoisotopic (exact) mass is 728 g/mol. The molecule has 0 saturated carbocycles. The summed E-state index contributed by atoms with van der Waals surface area (Å²) in [6.45, 7) is 4.68.